The summed E-state index contributed by atoms with van der Waals surface area (Å²) in [5, 5.41) is 30.1. The number of carboxylic acid groups (broad SMARTS) is 2. The molecular formula is C16H15NO6. The van der Waals surface area contributed by atoms with Gasteiger partial charge in [0.05, 0.1) is 4.92 Å². The predicted octanol–water partition coefficient (Wildman–Crippen LogP) is 2.59. The van der Waals surface area contributed by atoms with Crippen molar-refractivity contribution >= 4 is 17.6 Å². The zero-order chi connectivity index (χ0) is 17.4. The number of aliphatic carboxylic acids is 2. The van der Waals surface area contributed by atoms with Crippen LogP contribution in [0.4, 0.5) is 5.69 Å². The minimum absolute atomic E-state index is 0.0131. The molecule has 0 amide bonds. The van der Waals surface area contributed by atoms with E-state index >= 15 is 0 Å². The van der Waals surface area contributed by atoms with Crippen LogP contribution in [0.5, 0.6) is 0 Å². The third kappa shape index (κ3) is 2.61. The molecule has 1 atom stereocenters. The third-order valence-electron chi connectivity index (χ3n) is 4.17. The van der Waals surface area contributed by atoms with Crippen LogP contribution in [0.3, 0.4) is 0 Å². The van der Waals surface area contributed by atoms with Crippen molar-refractivity contribution in [1.29, 1.82) is 0 Å². The van der Waals surface area contributed by atoms with E-state index in [-0.39, 0.29) is 28.8 Å². The van der Waals surface area contributed by atoms with Gasteiger partial charge in [-0.3, -0.25) is 14.9 Å². The molecular weight excluding hydrogens is 302 g/mol. The van der Waals surface area contributed by atoms with Crippen LogP contribution in [0.2, 0.25) is 0 Å². The number of hydrogen-bond acceptors (Lipinski definition) is 4. The summed E-state index contributed by atoms with van der Waals surface area (Å²) in [4.78, 5) is 33.8. The quantitative estimate of drug-likeness (QED) is 0.651. The summed E-state index contributed by atoms with van der Waals surface area (Å²) in [6.07, 6.45) is 2.59. The Morgan fingerprint density at radius 3 is 2.43 bits per heavy atom. The molecule has 0 fully saturated rings. The van der Waals surface area contributed by atoms with E-state index in [1.54, 1.807) is 6.92 Å². The van der Waals surface area contributed by atoms with Crippen molar-refractivity contribution < 1.29 is 24.7 Å². The van der Waals surface area contributed by atoms with Crippen LogP contribution in [-0.2, 0) is 15.0 Å². The van der Waals surface area contributed by atoms with E-state index in [0.717, 1.165) is 0 Å². The van der Waals surface area contributed by atoms with Gasteiger partial charge in [-0.15, -0.1) is 0 Å². The SMILES string of the molecule is CC1=C(C(=O)O)CC(C(=O)O)(c2cccc([N+](=O)[O-])c2C)C=C1. The van der Waals surface area contributed by atoms with E-state index in [0.29, 0.717) is 5.57 Å². The molecule has 0 radical (unpaired) electrons. The Labute approximate surface area is 131 Å². The van der Waals surface area contributed by atoms with Crippen molar-refractivity contribution in [2.45, 2.75) is 25.7 Å². The van der Waals surface area contributed by atoms with E-state index in [9.17, 15) is 29.9 Å². The Kier molecular flexibility index (Phi) is 4.05. The smallest absolute Gasteiger partial charge is 0.331 e. The second kappa shape index (κ2) is 5.68. The van der Waals surface area contributed by atoms with Gasteiger partial charge in [-0.2, -0.15) is 0 Å². The number of nitro benzene ring substituents is 1. The highest BCUT2D eigenvalue weighted by Crippen LogP contribution is 2.41. The number of carboxylic acids is 2. The van der Waals surface area contributed by atoms with Gasteiger partial charge in [-0.25, -0.2) is 4.79 Å². The molecule has 0 heterocycles. The summed E-state index contributed by atoms with van der Waals surface area (Å²) in [6, 6.07) is 4.19. The number of allylic oxidation sites excluding steroid dienone is 2. The number of hydrogen-bond donors (Lipinski definition) is 2. The van der Waals surface area contributed by atoms with Crippen molar-refractivity contribution in [3.05, 3.63) is 62.7 Å². The van der Waals surface area contributed by atoms with E-state index in [4.69, 9.17) is 0 Å². The van der Waals surface area contributed by atoms with Crippen molar-refractivity contribution in [2.75, 3.05) is 0 Å². The minimum atomic E-state index is -1.64. The van der Waals surface area contributed by atoms with Gasteiger partial charge in [0.15, 0.2) is 0 Å². The Morgan fingerprint density at radius 2 is 1.91 bits per heavy atom. The Morgan fingerprint density at radius 1 is 1.26 bits per heavy atom. The maximum Gasteiger partial charge on any atom is 0.331 e. The molecule has 23 heavy (non-hydrogen) atoms. The lowest BCUT2D eigenvalue weighted by Crippen LogP contribution is -2.37. The molecule has 0 spiro atoms. The summed E-state index contributed by atoms with van der Waals surface area (Å²) in [5.41, 5.74) is -0.933. The first-order valence-electron chi connectivity index (χ1n) is 6.81. The van der Waals surface area contributed by atoms with Crippen LogP contribution in [0.1, 0.15) is 24.5 Å². The predicted molar refractivity (Wildman–Crippen MR) is 81.2 cm³/mol. The van der Waals surface area contributed by atoms with Crippen molar-refractivity contribution in [1.82, 2.24) is 0 Å². The zero-order valence-electron chi connectivity index (χ0n) is 12.6. The maximum absolute atomic E-state index is 11.9. The van der Waals surface area contributed by atoms with Gasteiger partial charge in [-0.1, -0.05) is 24.3 Å². The fourth-order valence-electron chi connectivity index (χ4n) is 2.84. The van der Waals surface area contributed by atoms with E-state index in [2.05, 4.69) is 0 Å². The monoisotopic (exact) mass is 317 g/mol. The van der Waals surface area contributed by atoms with Gasteiger partial charge < -0.3 is 10.2 Å². The molecule has 7 nitrogen and oxygen atoms in total. The molecule has 2 N–H and O–H groups in total. The minimum Gasteiger partial charge on any atom is -0.480 e. The van der Waals surface area contributed by atoms with Crippen LogP contribution >= 0.6 is 0 Å². The molecule has 1 aromatic rings. The molecule has 1 aliphatic rings. The standard InChI is InChI=1S/C16H15NO6/c1-9-6-7-16(15(20)21,8-11(9)14(18)19)12-4-3-5-13(10(12)2)17(22)23/h3-7H,8H2,1-2H3,(H,18,19)(H,20,21). The highest BCUT2D eigenvalue weighted by molar-refractivity contribution is 5.94. The van der Waals surface area contributed by atoms with Crippen molar-refractivity contribution in [3.63, 3.8) is 0 Å². The molecule has 1 aliphatic carbocycles. The average Bonchev–Trinajstić information content (AvgIpc) is 2.47. The lowest BCUT2D eigenvalue weighted by Gasteiger charge is -2.31. The molecule has 120 valence electrons. The summed E-state index contributed by atoms with van der Waals surface area (Å²) in [7, 11) is 0. The molecule has 0 aromatic heterocycles. The Hall–Kier alpha value is -2.96. The third-order valence-corrected chi connectivity index (χ3v) is 4.17. The van der Waals surface area contributed by atoms with Crippen LogP contribution in [0, 0.1) is 17.0 Å². The molecule has 1 aromatic carbocycles. The molecule has 0 saturated carbocycles. The second-order valence-electron chi connectivity index (χ2n) is 5.46. The number of nitro groups is 1. The fourth-order valence-corrected chi connectivity index (χ4v) is 2.84. The van der Waals surface area contributed by atoms with E-state index in [1.807, 2.05) is 0 Å². The van der Waals surface area contributed by atoms with Gasteiger partial charge in [-0.05, 0) is 25.0 Å². The van der Waals surface area contributed by atoms with Gasteiger partial charge in [0.2, 0.25) is 0 Å². The number of carbonyl (C=O) groups is 2. The molecule has 0 saturated heterocycles. The molecule has 0 aliphatic heterocycles. The zero-order valence-corrected chi connectivity index (χ0v) is 12.6. The van der Waals surface area contributed by atoms with Gasteiger partial charge in [0, 0.05) is 23.6 Å². The van der Waals surface area contributed by atoms with E-state index in [1.165, 1.54) is 37.3 Å². The maximum atomic E-state index is 11.9. The van der Waals surface area contributed by atoms with Crippen LogP contribution in [0.25, 0.3) is 0 Å². The molecule has 0 bridgehead atoms. The Bertz CT molecular complexity index is 777. The van der Waals surface area contributed by atoms with Crippen LogP contribution in [-0.4, -0.2) is 27.1 Å². The van der Waals surface area contributed by atoms with Gasteiger partial charge in [0.1, 0.15) is 5.41 Å². The van der Waals surface area contributed by atoms with E-state index < -0.39 is 22.3 Å². The first kappa shape index (κ1) is 16.4. The van der Waals surface area contributed by atoms with Crippen LogP contribution < -0.4 is 0 Å². The second-order valence-corrected chi connectivity index (χ2v) is 5.46. The average molecular weight is 317 g/mol. The van der Waals surface area contributed by atoms with Gasteiger partial charge >= 0.3 is 11.9 Å². The number of rotatable bonds is 4. The number of benzene rings is 1. The highest BCUT2D eigenvalue weighted by atomic mass is 16.6. The van der Waals surface area contributed by atoms with Crippen molar-refractivity contribution in [3.8, 4) is 0 Å². The molecule has 2 rings (SSSR count). The lowest BCUT2D eigenvalue weighted by atomic mass is 9.70. The summed E-state index contributed by atoms with van der Waals surface area (Å²) >= 11 is 0. The normalized spacial score (nSPS) is 20.4. The highest BCUT2D eigenvalue weighted by Gasteiger charge is 2.44. The Balaban J connectivity index is 2.70. The summed E-state index contributed by atoms with van der Waals surface area (Å²) < 4.78 is 0. The largest absolute Gasteiger partial charge is 0.480 e. The fraction of sp³-hybridized carbons (Fsp3) is 0.250. The molecule has 7 heteroatoms. The van der Waals surface area contributed by atoms with Crippen molar-refractivity contribution in [2.24, 2.45) is 0 Å². The summed E-state index contributed by atoms with van der Waals surface area (Å²) in [6.45, 7) is 3.06. The number of nitrogens with zero attached hydrogens (tertiary/aromatic N) is 1. The van der Waals surface area contributed by atoms with Crippen LogP contribution in [0.15, 0.2) is 41.5 Å². The first-order valence-corrected chi connectivity index (χ1v) is 6.81. The summed E-state index contributed by atoms with van der Waals surface area (Å²) in [5.74, 6) is -2.44. The topological polar surface area (TPSA) is 118 Å². The van der Waals surface area contributed by atoms with Gasteiger partial charge in [0.25, 0.3) is 5.69 Å². The first-order chi connectivity index (χ1) is 10.7. The molecule has 1 unspecified atom stereocenters. The lowest BCUT2D eigenvalue weighted by molar-refractivity contribution is -0.385.